The van der Waals surface area contributed by atoms with Gasteiger partial charge in [0, 0.05) is 25.7 Å². The second-order valence-electron chi connectivity index (χ2n) is 30.7. The second-order valence-corrected chi connectivity index (χ2v) is 32.3. The van der Waals surface area contributed by atoms with Gasteiger partial charge in [0.15, 0.2) is 0 Å². The van der Waals surface area contributed by atoms with E-state index in [0.717, 1.165) is 51.4 Å². The molecular weight excluding hydrogens is 1700 g/mol. The zero-order valence-corrected chi connectivity index (χ0v) is 83.6. The molecule has 0 fully saturated rings. The molecule has 0 aromatic rings. The Morgan fingerprint density at radius 2 is 0.301 bits per heavy atom. The van der Waals surface area contributed by atoms with Crippen LogP contribution in [-0.2, 0) is 88.6 Å². The summed E-state index contributed by atoms with van der Waals surface area (Å²) >= 11 is 19.0. The Labute approximate surface area is 769 Å². The van der Waals surface area contributed by atoms with Crippen molar-refractivity contribution in [2.24, 2.45) is 0 Å². The number of carbonyl (C=O) groups excluding carboxylic acids is 4. The molecule has 0 aliphatic rings. The fourth-order valence-corrected chi connectivity index (χ4v) is 13.4. The van der Waals surface area contributed by atoms with E-state index in [4.69, 9.17) is 69.5 Å². The number of unbranched alkanes of at least 4 members (excludes halogenated alkanes) is 60. The molecule has 668 valence electrons. The summed E-state index contributed by atoms with van der Waals surface area (Å²) in [6.45, 7) is 10.7. The standard InChI is InChI=1S/4C24H46O2S.2CH4.H2S.2Sn/c4*1-2-3-4-5-6-7-8-9-10-11-12-13-14-15-16-17-18-19-20-21-24(25)26-22-23-27;;;;;/h4*11-12,27H,2-10,13-23H2,1H3;2*1H4;1H2;;/q;;;;;;;2*+2/p-4/b4*12-11+;;;;;. The van der Waals surface area contributed by atoms with Crippen molar-refractivity contribution in [3.05, 3.63) is 48.6 Å². The number of carbonyl (C=O) groups is 4. The van der Waals surface area contributed by atoms with Crippen molar-refractivity contribution >= 4 is 136 Å². The van der Waals surface area contributed by atoms with E-state index < -0.39 is 0 Å². The largest absolute Gasteiger partial charge is 2.00 e. The van der Waals surface area contributed by atoms with Crippen molar-refractivity contribution in [3.63, 3.8) is 0 Å². The van der Waals surface area contributed by atoms with E-state index in [1.807, 2.05) is 0 Å². The first kappa shape index (κ1) is 131. The molecule has 0 rings (SSSR count). The van der Waals surface area contributed by atoms with Gasteiger partial charge in [-0.25, -0.2) is 0 Å². The molecule has 113 heavy (non-hydrogen) atoms. The second kappa shape index (κ2) is 128. The van der Waals surface area contributed by atoms with Gasteiger partial charge in [-0.2, -0.15) is 13.5 Å². The number of allylic oxidation sites excluding steroid dienone is 8. The Balaban J connectivity index is -0.000000180. The summed E-state index contributed by atoms with van der Waals surface area (Å²) in [6, 6.07) is 0. The van der Waals surface area contributed by atoms with Crippen LogP contribution in [0.2, 0.25) is 0 Å². The molecule has 15 heteroatoms. The van der Waals surface area contributed by atoms with Gasteiger partial charge in [0.25, 0.3) is 0 Å². The van der Waals surface area contributed by atoms with E-state index in [0.29, 0.717) is 75.1 Å². The Bertz CT molecular complexity index is 1590. The van der Waals surface area contributed by atoms with Crippen LogP contribution in [0.5, 0.6) is 0 Å². The van der Waals surface area contributed by atoms with Crippen molar-refractivity contribution in [3.8, 4) is 0 Å². The molecule has 0 saturated heterocycles. The molecule has 0 atom stereocenters. The van der Waals surface area contributed by atoms with Gasteiger partial charge in [0.05, 0.1) is 26.4 Å². The van der Waals surface area contributed by atoms with Crippen molar-refractivity contribution in [1.82, 2.24) is 0 Å². The first-order valence-corrected chi connectivity index (χ1v) is 49.1. The van der Waals surface area contributed by atoms with Gasteiger partial charge in [-0.1, -0.05) is 399 Å². The molecule has 8 nitrogen and oxygen atoms in total. The van der Waals surface area contributed by atoms with Crippen LogP contribution in [-0.4, -0.2) is 121 Å². The maximum absolute atomic E-state index is 11.3. The number of ether oxygens (including phenoxy) is 4. The third-order valence-corrected chi connectivity index (χ3v) is 20.6. The maximum Gasteiger partial charge on any atom is 2.00 e. The monoisotopic (exact) mass is 1900 g/mol. The molecule has 0 N–H and O–H groups in total. The van der Waals surface area contributed by atoms with E-state index in [2.05, 4.69) is 76.3 Å². The number of hydrogen-bond donors (Lipinski definition) is 0. The van der Waals surface area contributed by atoms with Crippen LogP contribution in [0.3, 0.4) is 0 Å². The average Bonchev–Trinajstić information content (AvgIpc) is 1.34. The SMILES string of the molecule is C.C.CCCCCCCCCC/C=C/CCCCCCCCCC(=O)OCC[S-].CCCCCCCCCC/C=C/CCCCCCCCCC(=O)OCC[S-].CCCCCCCCCC/C=C/CCCCCCCCCC(=O)OCC[S-].CCCCCCCCCC/C=C/CCCCCCCCCC(=O)OCC[S-].S.[Sn+2].[Sn+2]. The van der Waals surface area contributed by atoms with Crippen LogP contribution in [0.1, 0.15) is 505 Å². The average molecular weight is 1890 g/mol. The maximum atomic E-state index is 11.3. The quantitative estimate of drug-likeness (QED) is 0.0145. The fourth-order valence-electron chi connectivity index (χ4n) is 13.1. The molecule has 0 aliphatic heterocycles. The van der Waals surface area contributed by atoms with Crippen molar-refractivity contribution < 1.29 is 38.1 Å². The van der Waals surface area contributed by atoms with E-state index in [1.54, 1.807) is 0 Å². The smallest absolute Gasteiger partial charge is 0.789 e. The summed E-state index contributed by atoms with van der Waals surface area (Å²) in [5.41, 5.74) is 0. The van der Waals surface area contributed by atoms with Gasteiger partial charge in [0.1, 0.15) is 0 Å². The summed E-state index contributed by atoms with van der Waals surface area (Å²) in [6.07, 6.45) is 111. The normalized spacial score (nSPS) is 10.8. The van der Waals surface area contributed by atoms with Gasteiger partial charge >= 0.3 is 71.7 Å². The summed E-state index contributed by atoms with van der Waals surface area (Å²) < 4.78 is 19.9. The fraction of sp³-hybridized carbons (Fsp3) is 0.878. The summed E-state index contributed by atoms with van der Waals surface area (Å²) in [5, 5.41) is 0. The molecule has 0 saturated carbocycles. The predicted molar refractivity (Wildman–Crippen MR) is 520 cm³/mol. The van der Waals surface area contributed by atoms with Gasteiger partial charge < -0.3 is 69.5 Å². The van der Waals surface area contributed by atoms with E-state index in [9.17, 15) is 19.2 Å². The molecule has 0 aromatic heterocycles. The minimum Gasteiger partial charge on any atom is -0.789 e. The molecule has 0 aliphatic carbocycles. The van der Waals surface area contributed by atoms with Gasteiger partial charge in [-0.15, -0.1) is 23.0 Å². The van der Waals surface area contributed by atoms with Crippen molar-refractivity contribution in [2.75, 3.05) is 49.4 Å². The third kappa shape index (κ3) is 136. The van der Waals surface area contributed by atoms with Crippen LogP contribution in [0.4, 0.5) is 0 Å². The number of esters is 4. The van der Waals surface area contributed by atoms with Crippen LogP contribution < -0.4 is 0 Å². The Hall–Kier alpha value is 0.187. The van der Waals surface area contributed by atoms with Crippen LogP contribution in [0.25, 0.3) is 0 Å². The third-order valence-electron chi connectivity index (χ3n) is 20.0. The summed E-state index contributed by atoms with van der Waals surface area (Å²) in [7, 11) is 0. The van der Waals surface area contributed by atoms with E-state index in [-0.39, 0.29) is 100 Å². The van der Waals surface area contributed by atoms with Gasteiger partial charge in [0.2, 0.25) is 0 Å². The molecule has 4 radical (unpaired) electrons. The Morgan fingerprint density at radius 3 is 0.416 bits per heavy atom. The van der Waals surface area contributed by atoms with Crippen molar-refractivity contribution in [1.29, 1.82) is 0 Å². The van der Waals surface area contributed by atoms with Gasteiger partial charge in [-0.3, -0.25) is 19.2 Å². The van der Waals surface area contributed by atoms with E-state index in [1.165, 1.54) is 385 Å². The van der Waals surface area contributed by atoms with Crippen LogP contribution >= 0.6 is 13.5 Å². The molecular formula is C98H190O8S5Sn2. The molecule has 0 spiro atoms. The molecule has 0 amide bonds. The molecule has 0 heterocycles. The number of hydrogen-bond acceptors (Lipinski definition) is 12. The molecule has 0 bridgehead atoms. The molecule has 0 aromatic carbocycles. The summed E-state index contributed by atoms with van der Waals surface area (Å²) in [4.78, 5) is 45.2. The predicted octanol–water partition coefficient (Wildman–Crippen LogP) is 31.3. The number of rotatable bonds is 84. The topological polar surface area (TPSA) is 105 Å². The van der Waals surface area contributed by atoms with Crippen LogP contribution in [0.15, 0.2) is 48.6 Å². The summed E-state index contributed by atoms with van der Waals surface area (Å²) in [5.74, 6) is 1.66. The first-order chi connectivity index (χ1) is 53.2. The minimum absolute atomic E-state index is 0. The van der Waals surface area contributed by atoms with Crippen molar-refractivity contribution in [2.45, 2.75) is 505 Å². The first-order valence-electron chi connectivity index (χ1n) is 46.8. The Morgan fingerprint density at radius 1 is 0.195 bits per heavy atom. The zero-order valence-electron chi connectivity index (χ0n) is 73.6. The van der Waals surface area contributed by atoms with Crippen LogP contribution in [0, 0.1) is 0 Å². The zero-order chi connectivity index (χ0) is 79.4. The molecule has 0 unspecified atom stereocenters. The minimum atomic E-state index is -0.0846. The Kier molecular flexibility index (Phi) is 148. The van der Waals surface area contributed by atoms with Gasteiger partial charge in [-0.05, 0) is 128 Å². The van der Waals surface area contributed by atoms with E-state index >= 15 is 0 Å².